The lowest BCUT2D eigenvalue weighted by molar-refractivity contribution is -0.273. The molecule has 0 amide bonds. The molecule has 0 heterocycles. The van der Waals surface area contributed by atoms with E-state index in [-0.39, 0.29) is 0 Å². The van der Waals surface area contributed by atoms with Gasteiger partial charge in [0.1, 0.15) is 5.71 Å². The van der Waals surface area contributed by atoms with Gasteiger partial charge in [0, 0.05) is 12.7 Å². The summed E-state index contributed by atoms with van der Waals surface area (Å²) in [5.41, 5.74) is 1.64. The summed E-state index contributed by atoms with van der Waals surface area (Å²) in [4.78, 5) is 8.91. The van der Waals surface area contributed by atoms with E-state index in [1.54, 1.807) is 7.11 Å². The first kappa shape index (κ1) is 10.7. The molecule has 1 aromatic carbocycles. The Labute approximate surface area is 83.0 Å². The van der Waals surface area contributed by atoms with Crippen LogP contribution in [0.4, 0.5) is 0 Å². The third kappa shape index (κ3) is 3.16. The lowest BCUT2D eigenvalue weighted by atomic mass is 10.1. The second kappa shape index (κ2) is 6.12. The zero-order valence-corrected chi connectivity index (χ0v) is 8.27. The lowest BCUT2D eigenvalue weighted by Crippen LogP contribution is -2.09. The molecule has 4 heteroatoms. The molecule has 0 aromatic heterocycles. The Hall–Kier alpha value is -1.39. The van der Waals surface area contributed by atoms with Gasteiger partial charge in [0.2, 0.25) is 0 Å². The summed E-state index contributed by atoms with van der Waals surface area (Å²) in [5.74, 6) is 0. The van der Waals surface area contributed by atoms with Crippen molar-refractivity contribution in [2.24, 2.45) is 5.16 Å². The molecule has 1 aromatic rings. The number of hydrogen-bond acceptors (Lipinski definition) is 4. The highest BCUT2D eigenvalue weighted by Crippen LogP contribution is 2.02. The predicted molar refractivity (Wildman–Crippen MR) is 52.9 cm³/mol. The van der Waals surface area contributed by atoms with Crippen molar-refractivity contribution in [1.29, 1.82) is 0 Å². The van der Waals surface area contributed by atoms with Gasteiger partial charge in [-0.1, -0.05) is 30.3 Å². The van der Waals surface area contributed by atoms with E-state index in [0.29, 0.717) is 12.3 Å². The van der Waals surface area contributed by atoms with Crippen LogP contribution < -0.4 is 0 Å². The van der Waals surface area contributed by atoms with Crippen molar-refractivity contribution < 1.29 is 14.6 Å². The fraction of sp³-hybridized carbons (Fsp3) is 0.300. The van der Waals surface area contributed by atoms with Crippen LogP contribution >= 0.6 is 0 Å². The summed E-state index contributed by atoms with van der Waals surface area (Å²) in [6, 6.07) is 9.64. The normalized spacial score (nSPS) is 11.4. The minimum atomic E-state index is 0.382. The van der Waals surface area contributed by atoms with Crippen LogP contribution in [0.1, 0.15) is 5.56 Å². The van der Waals surface area contributed by atoms with Crippen molar-refractivity contribution in [2.45, 2.75) is 0 Å². The fourth-order valence-electron chi connectivity index (χ4n) is 1.01. The second-order valence-electron chi connectivity index (χ2n) is 2.58. The van der Waals surface area contributed by atoms with Crippen molar-refractivity contribution in [3.05, 3.63) is 35.9 Å². The monoisotopic (exact) mass is 195 g/mol. The third-order valence-corrected chi connectivity index (χ3v) is 1.61. The van der Waals surface area contributed by atoms with Gasteiger partial charge in [0.15, 0.2) is 0 Å². The van der Waals surface area contributed by atoms with Crippen LogP contribution in [0.2, 0.25) is 0 Å². The zero-order chi connectivity index (χ0) is 10.2. The van der Waals surface area contributed by atoms with E-state index in [0.717, 1.165) is 5.56 Å². The molecule has 0 radical (unpaired) electrons. The molecule has 0 bridgehead atoms. The molecule has 0 saturated carbocycles. The molecule has 0 fully saturated rings. The van der Waals surface area contributed by atoms with Crippen molar-refractivity contribution >= 4 is 5.71 Å². The Morgan fingerprint density at radius 2 is 1.93 bits per heavy atom. The molecule has 76 valence electrons. The highest BCUT2D eigenvalue weighted by molar-refractivity contribution is 6.01. The first-order chi connectivity index (χ1) is 6.88. The van der Waals surface area contributed by atoms with Gasteiger partial charge in [-0.05, 0) is 5.16 Å². The number of nitrogens with zero attached hydrogens (tertiary/aromatic N) is 1. The molecule has 1 rings (SSSR count). The topological polar surface area (TPSA) is 40.0 Å². The molecule has 0 spiro atoms. The van der Waals surface area contributed by atoms with Crippen molar-refractivity contribution in [3.63, 3.8) is 0 Å². The standard InChI is InChI=1S/C10H13NO3/c1-12-8-10(11-14-13-2)9-6-4-3-5-7-9/h3-7H,8H2,1-2H3/b11-10+. The van der Waals surface area contributed by atoms with Gasteiger partial charge >= 0.3 is 0 Å². The third-order valence-electron chi connectivity index (χ3n) is 1.61. The van der Waals surface area contributed by atoms with E-state index in [2.05, 4.69) is 15.0 Å². The smallest absolute Gasteiger partial charge is 0.117 e. The van der Waals surface area contributed by atoms with Crippen LogP contribution in [0, 0.1) is 0 Å². The van der Waals surface area contributed by atoms with Crippen LogP contribution in [0.3, 0.4) is 0 Å². The Balaban J connectivity index is 2.77. The van der Waals surface area contributed by atoms with Gasteiger partial charge < -0.3 is 4.74 Å². The molecule has 0 aliphatic carbocycles. The maximum absolute atomic E-state index is 4.99. The summed E-state index contributed by atoms with van der Waals surface area (Å²) >= 11 is 0. The average molecular weight is 195 g/mol. The van der Waals surface area contributed by atoms with Gasteiger partial charge in [-0.15, -0.1) is 0 Å². The van der Waals surface area contributed by atoms with Gasteiger partial charge in [-0.3, -0.25) is 0 Å². The van der Waals surface area contributed by atoms with Crippen LogP contribution in [0.25, 0.3) is 0 Å². The van der Waals surface area contributed by atoms with Crippen LogP contribution in [0.5, 0.6) is 0 Å². The fourth-order valence-corrected chi connectivity index (χ4v) is 1.01. The number of ether oxygens (including phenoxy) is 1. The quantitative estimate of drug-likeness (QED) is 0.407. The molecular weight excluding hydrogens is 182 g/mol. The molecule has 14 heavy (non-hydrogen) atoms. The molecule has 0 atom stereocenters. The largest absolute Gasteiger partial charge is 0.378 e. The summed E-state index contributed by atoms with van der Waals surface area (Å²) in [6.45, 7) is 0.382. The van der Waals surface area contributed by atoms with Crippen LogP contribution in [-0.2, 0) is 14.6 Å². The minimum Gasteiger partial charge on any atom is -0.378 e. The highest BCUT2D eigenvalue weighted by atomic mass is 17.3. The molecule has 0 aliphatic rings. The summed E-state index contributed by atoms with van der Waals surface area (Å²) < 4.78 is 4.99. The predicted octanol–water partition coefficient (Wildman–Crippen LogP) is 1.62. The van der Waals surface area contributed by atoms with Crippen molar-refractivity contribution in [2.75, 3.05) is 20.8 Å². The second-order valence-corrected chi connectivity index (χ2v) is 2.58. The molecule has 0 aliphatic heterocycles. The Bertz CT molecular complexity index is 285. The maximum atomic E-state index is 4.99. The molecule has 0 unspecified atom stereocenters. The van der Waals surface area contributed by atoms with E-state index in [1.165, 1.54) is 7.11 Å². The van der Waals surface area contributed by atoms with Gasteiger partial charge in [-0.2, -0.15) is 4.89 Å². The van der Waals surface area contributed by atoms with Crippen molar-refractivity contribution in [1.82, 2.24) is 0 Å². The Morgan fingerprint density at radius 3 is 2.50 bits per heavy atom. The lowest BCUT2D eigenvalue weighted by Gasteiger charge is -2.03. The van der Waals surface area contributed by atoms with E-state index in [1.807, 2.05) is 30.3 Å². The number of benzene rings is 1. The van der Waals surface area contributed by atoms with Crippen molar-refractivity contribution in [3.8, 4) is 0 Å². The first-order valence-electron chi connectivity index (χ1n) is 4.19. The average Bonchev–Trinajstić information content (AvgIpc) is 2.25. The van der Waals surface area contributed by atoms with Crippen LogP contribution in [-0.4, -0.2) is 26.5 Å². The minimum absolute atomic E-state index is 0.382. The zero-order valence-electron chi connectivity index (χ0n) is 8.27. The summed E-state index contributed by atoms with van der Waals surface area (Å²) in [6.07, 6.45) is 0. The van der Waals surface area contributed by atoms with E-state index in [4.69, 9.17) is 4.74 Å². The van der Waals surface area contributed by atoms with E-state index < -0.39 is 0 Å². The number of oxime groups is 1. The van der Waals surface area contributed by atoms with E-state index >= 15 is 0 Å². The molecule has 0 saturated heterocycles. The van der Waals surface area contributed by atoms with Gasteiger partial charge in [0.25, 0.3) is 0 Å². The maximum Gasteiger partial charge on any atom is 0.117 e. The number of methoxy groups -OCH3 is 1. The summed E-state index contributed by atoms with van der Waals surface area (Å²) in [5, 5.41) is 3.77. The Morgan fingerprint density at radius 1 is 1.21 bits per heavy atom. The number of hydrogen-bond donors (Lipinski definition) is 0. The summed E-state index contributed by atoms with van der Waals surface area (Å²) in [7, 11) is 3.00. The van der Waals surface area contributed by atoms with Gasteiger partial charge in [-0.25, -0.2) is 4.99 Å². The highest BCUT2D eigenvalue weighted by Gasteiger charge is 2.03. The Kier molecular flexibility index (Phi) is 4.68. The first-order valence-corrected chi connectivity index (χ1v) is 4.19. The molecular formula is C10H13NO3. The molecule has 4 nitrogen and oxygen atoms in total. The van der Waals surface area contributed by atoms with E-state index in [9.17, 15) is 0 Å². The SMILES string of the molecule is COC/C(=N\OOC)c1ccccc1. The molecule has 0 N–H and O–H groups in total. The number of rotatable bonds is 5. The van der Waals surface area contributed by atoms with Crippen LogP contribution in [0.15, 0.2) is 35.5 Å². The van der Waals surface area contributed by atoms with Gasteiger partial charge in [0.05, 0.1) is 13.7 Å².